The molecule has 11 nitrogen and oxygen atoms in total. The van der Waals surface area contributed by atoms with Crippen molar-refractivity contribution in [3.63, 3.8) is 0 Å². The molecule has 0 spiro atoms. The van der Waals surface area contributed by atoms with Gasteiger partial charge in [-0.25, -0.2) is 19.2 Å². The van der Waals surface area contributed by atoms with Crippen molar-refractivity contribution in [2.24, 2.45) is 0 Å². The third-order valence-electron chi connectivity index (χ3n) is 6.22. The van der Waals surface area contributed by atoms with Gasteiger partial charge in [0.15, 0.2) is 5.82 Å². The van der Waals surface area contributed by atoms with E-state index in [4.69, 9.17) is 5.10 Å². The summed E-state index contributed by atoms with van der Waals surface area (Å²) >= 11 is 0. The maximum atomic E-state index is 14.0. The predicted molar refractivity (Wildman–Crippen MR) is 126 cm³/mol. The first-order chi connectivity index (χ1) is 16.3. The summed E-state index contributed by atoms with van der Waals surface area (Å²) < 4.78 is 15.8. The molecule has 2 saturated heterocycles. The van der Waals surface area contributed by atoms with Crippen molar-refractivity contribution in [1.29, 1.82) is 0 Å². The number of nitrogens with zero attached hydrogens (tertiary/aromatic N) is 8. The minimum absolute atomic E-state index is 0.0512. The van der Waals surface area contributed by atoms with Gasteiger partial charge in [-0.15, -0.1) is 0 Å². The van der Waals surface area contributed by atoms with E-state index in [2.05, 4.69) is 20.3 Å². The highest BCUT2D eigenvalue weighted by Gasteiger charge is 2.31. The number of urea groups is 1. The zero-order chi connectivity index (χ0) is 24.0. The van der Waals surface area contributed by atoms with Gasteiger partial charge in [0.25, 0.3) is 0 Å². The van der Waals surface area contributed by atoms with Crippen LogP contribution in [0, 0.1) is 0 Å². The molecular formula is C22H28FN9O2. The van der Waals surface area contributed by atoms with Gasteiger partial charge in [0.2, 0.25) is 5.95 Å². The second-order valence-corrected chi connectivity index (χ2v) is 8.99. The first kappa shape index (κ1) is 22.3. The Morgan fingerprint density at radius 1 is 1.21 bits per heavy atom. The number of hydrogen-bond donors (Lipinski definition) is 2. The number of amides is 2. The zero-order valence-corrected chi connectivity index (χ0v) is 19.4. The van der Waals surface area contributed by atoms with Gasteiger partial charge in [-0.3, -0.25) is 9.58 Å². The number of aliphatic hydroxyl groups excluding tert-OH is 1. The number of rotatable bonds is 5. The maximum absolute atomic E-state index is 14.0. The van der Waals surface area contributed by atoms with Gasteiger partial charge in [0.1, 0.15) is 17.8 Å². The quantitative estimate of drug-likeness (QED) is 0.585. The number of aromatic nitrogens is 5. The Kier molecular flexibility index (Phi) is 5.68. The van der Waals surface area contributed by atoms with E-state index in [0.29, 0.717) is 49.5 Å². The van der Waals surface area contributed by atoms with Gasteiger partial charge in [-0.05, 0) is 26.3 Å². The lowest BCUT2D eigenvalue weighted by Gasteiger charge is -2.32. The zero-order valence-electron chi connectivity index (χ0n) is 19.4. The molecule has 2 fully saturated rings. The van der Waals surface area contributed by atoms with Crippen molar-refractivity contribution in [3.8, 4) is 0 Å². The first-order valence-electron chi connectivity index (χ1n) is 11.4. The second-order valence-electron chi connectivity index (χ2n) is 8.99. The molecule has 2 aliphatic heterocycles. The van der Waals surface area contributed by atoms with Gasteiger partial charge in [-0.2, -0.15) is 10.1 Å². The number of fused-ring (bicyclic) bond motifs is 1. The Labute approximate surface area is 196 Å². The van der Waals surface area contributed by atoms with Crippen LogP contribution in [0.4, 0.5) is 32.6 Å². The molecule has 0 unspecified atom stereocenters. The third kappa shape index (κ3) is 3.98. The standard InChI is InChI=1S/C22H28FN9O2/c1-13(2)32-16-10-19(25-11-14(16)20(28-32)31-9-8-29(3)22(31)34)26-18-4-6-24-21(27-18)30-7-5-17(33)15(23)12-30/h4,6,10-11,13,15,17,33H,5,7-9,12H2,1-3H3,(H,24,25,26,27)/t15-,17+/m1/s1. The molecule has 2 N–H and O–H groups in total. The smallest absolute Gasteiger partial charge is 0.325 e. The molecule has 0 aromatic carbocycles. The van der Waals surface area contributed by atoms with Crippen LogP contribution in [0.2, 0.25) is 0 Å². The molecule has 2 aliphatic rings. The summed E-state index contributed by atoms with van der Waals surface area (Å²) in [5.41, 5.74) is 0.851. The van der Waals surface area contributed by atoms with Gasteiger partial charge < -0.3 is 20.2 Å². The Bertz CT molecular complexity index is 1220. The Hall–Kier alpha value is -3.54. The van der Waals surface area contributed by atoms with E-state index in [1.807, 2.05) is 24.6 Å². The Morgan fingerprint density at radius 3 is 2.74 bits per heavy atom. The summed E-state index contributed by atoms with van der Waals surface area (Å²) in [7, 11) is 1.78. The van der Waals surface area contributed by atoms with E-state index in [0.717, 1.165) is 10.9 Å². The molecule has 0 bridgehead atoms. The fourth-order valence-electron chi connectivity index (χ4n) is 4.30. The van der Waals surface area contributed by atoms with E-state index < -0.39 is 12.3 Å². The summed E-state index contributed by atoms with van der Waals surface area (Å²) in [6, 6.07) is 3.60. The van der Waals surface area contributed by atoms with E-state index >= 15 is 0 Å². The lowest BCUT2D eigenvalue weighted by atomic mass is 10.1. The summed E-state index contributed by atoms with van der Waals surface area (Å²) in [6.45, 7) is 5.83. The summed E-state index contributed by atoms with van der Waals surface area (Å²) in [4.78, 5) is 30.9. The van der Waals surface area contributed by atoms with Gasteiger partial charge in [0, 0.05) is 51.2 Å². The van der Waals surface area contributed by atoms with Gasteiger partial charge in [0.05, 0.1) is 23.6 Å². The van der Waals surface area contributed by atoms with Crippen molar-refractivity contribution in [2.45, 2.75) is 38.6 Å². The lowest BCUT2D eigenvalue weighted by molar-refractivity contribution is 0.0612. The van der Waals surface area contributed by atoms with Crippen LogP contribution in [0.3, 0.4) is 0 Å². The summed E-state index contributed by atoms with van der Waals surface area (Å²) in [6.07, 6.45) is 1.38. The van der Waals surface area contributed by atoms with Crippen LogP contribution in [-0.2, 0) is 0 Å². The molecule has 0 radical (unpaired) electrons. The molecule has 180 valence electrons. The average Bonchev–Trinajstić information content (AvgIpc) is 3.35. The fraction of sp³-hybridized carbons (Fsp3) is 0.500. The van der Waals surface area contributed by atoms with E-state index in [9.17, 15) is 14.3 Å². The number of anilines is 4. The number of carbonyl (C=O) groups excluding carboxylic acids is 1. The number of pyridine rings is 1. The largest absolute Gasteiger partial charge is 0.390 e. The molecule has 0 saturated carbocycles. The number of hydrogen-bond acceptors (Lipinski definition) is 8. The third-order valence-corrected chi connectivity index (χ3v) is 6.22. The van der Waals surface area contributed by atoms with Crippen LogP contribution in [0.25, 0.3) is 10.9 Å². The number of halogens is 1. The van der Waals surface area contributed by atoms with Crippen molar-refractivity contribution < 1.29 is 14.3 Å². The highest BCUT2D eigenvalue weighted by Crippen LogP contribution is 2.32. The molecule has 34 heavy (non-hydrogen) atoms. The SMILES string of the molecule is CC(C)n1nc(N2CCN(C)C2=O)c2cnc(Nc3ccnc(N4CC[C@H](O)[C@H](F)C4)n3)cc21. The van der Waals surface area contributed by atoms with Crippen molar-refractivity contribution in [1.82, 2.24) is 29.6 Å². The molecule has 0 aliphatic carbocycles. The Balaban J connectivity index is 1.43. The topological polar surface area (TPSA) is 116 Å². The lowest BCUT2D eigenvalue weighted by Crippen LogP contribution is -2.45. The fourth-order valence-corrected chi connectivity index (χ4v) is 4.30. The molecule has 5 rings (SSSR count). The predicted octanol–water partition coefficient (Wildman–Crippen LogP) is 2.33. The highest BCUT2D eigenvalue weighted by molar-refractivity contribution is 6.02. The summed E-state index contributed by atoms with van der Waals surface area (Å²) in [5, 5.41) is 18.4. The molecule has 12 heteroatoms. The second kappa shape index (κ2) is 8.67. The van der Waals surface area contributed by atoms with Crippen LogP contribution < -0.4 is 15.1 Å². The number of carbonyl (C=O) groups is 1. The number of piperidine rings is 1. The normalized spacial score (nSPS) is 21.2. The van der Waals surface area contributed by atoms with Gasteiger partial charge >= 0.3 is 6.03 Å². The monoisotopic (exact) mass is 469 g/mol. The molecule has 3 aromatic rings. The van der Waals surface area contributed by atoms with Crippen molar-refractivity contribution >= 4 is 40.3 Å². The number of alkyl halides is 1. The summed E-state index contributed by atoms with van der Waals surface area (Å²) in [5.74, 6) is 2.08. The van der Waals surface area contributed by atoms with Crippen LogP contribution >= 0.6 is 0 Å². The molecular weight excluding hydrogens is 441 g/mol. The van der Waals surface area contributed by atoms with E-state index in [1.165, 1.54) is 0 Å². The molecule has 5 heterocycles. The van der Waals surface area contributed by atoms with Crippen LogP contribution in [0.15, 0.2) is 24.5 Å². The number of likely N-dealkylation sites (N-methyl/N-ethyl adjacent to an activating group) is 1. The number of aliphatic hydroxyl groups is 1. The van der Waals surface area contributed by atoms with E-state index in [1.54, 1.807) is 40.2 Å². The minimum Gasteiger partial charge on any atom is -0.390 e. The van der Waals surface area contributed by atoms with Crippen LogP contribution in [0.1, 0.15) is 26.3 Å². The minimum atomic E-state index is -1.33. The average molecular weight is 470 g/mol. The van der Waals surface area contributed by atoms with E-state index in [-0.39, 0.29) is 18.6 Å². The van der Waals surface area contributed by atoms with Crippen LogP contribution in [-0.4, -0.2) is 86.3 Å². The van der Waals surface area contributed by atoms with Crippen molar-refractivity contribution in [2.75, 3.05) is 48.3 Å². The van der Waals surface area contributed by atoms with Gasteiger partial charge in [-0.1, -0.05) is 0 Å². The molecule has 2 atom stereocenters. The Morgan fingerprint density at radius 2 is 2.03 bits per heavy atom. The maximum Gasteiger partial charge on any atom is 0.325 e. The van der Waals surface area contributed by atoms with Crippen molar-refractivity contribution in [3.05, 3.63) is 24.5 Å². The first-order valence-corrected chi connectivity index (χ1v) is 11.4. The highest BCUT2D eigenvalue weighted by atomic mass is 19.1. The van der Waals surface area contributed by atoms with Crippen LogP contribution in [0.5, 0.6) is 0 Å². The number of nitrogens with one attached hydrogen (secondary N) is 1. The molecule has 3 aromatic heterocycles. The molecule has 2 amide bonds.